The molecular weight excluding hydrogens is 144 g/mol. The molecule has 0 rings (SSSR count). The Labute approximate surface area is 57.4 Å². The fourth-order valence-corrected chi connectivity index (χ4v) is 0. The Morgan fingerprint density at radius 1 is 0.333 bits per heavy atom. The highest BCUT2D eigenvalue weighted by Gasteiger charge is -0.0556. The zero-order valence-electron chi connectivity index (χ0n) is 3.07. The zero-order valence-corrected chi connectivity index (χ0v) is 6.54. The number of hydrogen-bond donors (Lipinski definition) is 0. The molecule has 0 saturated carbocycles. The molecule has 0 atom stereocenters. The van der Waals surface area contributed by atoms with Crippen LogP contribution in [0.3, 0.4) is 0 Å². The highest BCUT2D eigenvalue weighted by Crippen LogP contribution is -0.000369. The van der Waals surface area contributed by atoms with Crippen molar-refractivity contribution in [2.75, 3.05) is 0 Å². The van der Waals surface area contributed by atoms with Crippen LogP contribution in [0.25, 0.3) is 0 Å². The Morgan fingerprint density at radius 2 is 0.333 bits per heavy atom. The minimum absolute atomic E-state index is 0. The highest BCUT2D eigenvalue weighted by molar-refractivity contribution is 7.37. The Bertz CT molecular complexity index is 6.00. The Morgan fingerprint density at radius 3 is 0.333 bits per heavy atom. The van der Waals surface area contributed by atoms with Crippen LogP contribution in [0.2, 0.25) is 0 Å². The van der Waals surface area contributed by atoms with Crippen LogP contribution in [-0.4, -0.2) is 16.4 Å². The summed E-state index contributed by atoms with van der Waals surface area (Å²) in [5.74, 6) is 0. The predicted octanol–water partition coefficient (Wildman–Crippen LogP) is -2.95. The van der Waals surface area contributed by atoms with E-state index >= 15 is 0 Å². The molecule has 0 amide bonds. The van der Waals surface area contributed by atoms with Gasteiger partial charge in [-0.3, -0.25) is 0 Å². The number of rotatable bonds is 0. The molecule has 0 aliphatic carbocycles. The topological polar surface area (TPSA) is 90.0 Å². The Kier molecular flexibility index (Phi) is 7830. The minimum Gasteiger partial charge on any atom is -0.870 e. The van der Waals surface area contributed by atoms with Crippen LogP contribution in [-0.2, 0) is 40.5 Å². The maximum absolute atomic E-state index is 0. The van der Waals surface area contributed by atoms with Gasteiger partial charge in [0.1, 0.15) is 0 Å². The van der Waals surface area contributed by atoms with Crippen molar-refractivity contribution in [2.45, 2.75) is 0 Å². The van der Waals surface area contributed by atoms with Crippen LogP contribution < -0.4 is 0 Å². The summed E-state index contributed by atoms with van der Waals surface area (Å²) in [6.45, 7) is 0. The molecule has 0 aromatic rings. The van der Waals surface area contributed by atoms with Gasteiger partial charge in [0.15, 0.2) is 0 Å². The van der Waals surface area contributed by atoms with E-state index < -0.39 is 0 Å². The van der Waals surface area contributed by atoms with Gasteiger partial charge in [-0.15, -0.1) is 0 Å². The smallest absolute Gasteiger partial charge is 0.0576 e. The Hall–Kier alpha value is 0.930. The fraction of sp³-hybridized carbons (Fsp3) is 0. The molecule has 0 aliphatic heterocycles. The molecule has 6 heteroatoms. The summed E-state index contributed by atoms with van der Waals surface area (Å²) in [5, 5.41) is 0. The molecule has 0 heterocycles. The van der Waals surface area contributed by atoms with Gasteiger partial charge in [-0.05, 0) is 0 Å². The lowest BCUT2D eigenvalue weighted by Gasteiger charge is -0.871. The minimum atomic E-state index is 0. The molecule has 0 aromatic heterocycles. The van der Waals surface area contributed by atoms with Crippen LogP contribution in [0.1, 0.15) is 0 Å². The third-order valence-corrected chi connectivity index (χ3v) is 0. The van der Waals surface area contributed by atoms with Gasteiger partial charge in [0, 0.05) is 0 Å². The second-order valence-corrected chi connectivity index (χ2v) is 0. The molecule has 0 saturated heterocycles. The molecule has 0 spiro atoms. The first kappa shape index (κ1) is 282. The van der Waals surface area contributed by atoms with Crippen molar-refractivity contribution in [3.8, 4) is 0 Å². The van der Waals surface area contributed by atoms with Gasteiger partial charge in [0.05, 0.1) is 0 Å². The van der Waals surface area contributed by atoms with E-state index in [0.717, 1.165) is 0 Å². The average Bonchev–Trinajstić information content (AvgIpc) is 0. The molecule has 0 unspecified atom stereocenters. The maximum atomic E-state index is 0. The predicted molar refractivity (Wildman–Crippen MR) is 40.5 cm³/mol. The van der Waals surface area contributed by atoms with E-state index in [1.54, 1.807) is 0 Å². The molecule has 0 fully saturated rings. The monoisotopic (exact) mass is 156 g/mol. The maximum Gasteiger partial charge on any atom is -0.0576 e. The van der Waals surface area contributed by atoms with E-state index in [2.05, 4.69) is 0 Å². The lowest BCUT2D eigenvalue weighted by Crippen LogP contribution is -0.290. The molecule has 0 aliphatic rings. The van der Waals surface area contributed by atoms with Crippen LogP contribution in [0.4, 0.5) is 0 Å². The van der Waals surface area contributed by atoms with E-state index in [1.165, 1.54) is 0 Å². The van der Waals surface area contributed by atoms with Crippen molar-refractivity contribution in [1.29, 1.82) is 0 Å². The van der Waals surface area contributed by atoms with Crippen molar-refractivity contribution in [1.82, 2.24) is 0 Å². The summed E-state index contributed by atoms with van der Waals surface area (Å²) in [6, 6.07) is 0. The zero-order chi connectivity index (χ0) is 0. The van der Waals surface area contributed by atoms with Crippen molar-refractivity contribution in [2.24, 2.45) is 0 Å². The van der Waals surface area contributed by atoms with Crippen molar-refractivity contribution >= 4 is 40.5 Å². The Balaban J connectivity index is 0. The lowest BCUT2D eigenvalue weighted by atomic mass is 16.0. The SMILES string of the molecule is [OH-].[OH-].[OH-].[SH3+].[SH3+].[SH3+]. The molecule has 6 heavy (non-hydrogen) atoms. The molecule has 3 nitrogen and oxygen atoms in total. The molecule has 48 valence electrons. The second-order valence-electron chi connectivity index (χ2n) is 0. The largest absolute Gasteiger partial charge is 0.870 e. The van der Waals surface area contributed by atoms with Crippen molar-refractivity contribution < 1.29 is 16.4 Å². The summed E-state index contributed by atoms with van der Waals surface area (Å²) in [6.07, 6.45) is 0. The van der Waals surface area contributed by atoms with Gasteiger partial charge in [0.2, 0.25) is 0 Å². The first-order valence-corrected chi connectivity index (χ1v) is 0. The van der Waals surface area contributed by atoms with Crippen molar-refractivity contribution in [3.05, 3.63) is 0 Å². The normalized spacial score (nSPS) is 0. The number of hydrogen-bond acceptors (Lipinski definition) is 3. The van der Waals surface area contributed by atoms with E-state index in [-0.39, 0.29) is 56.9 Å². The van der Waals surface area contributed by atoms with Gasteiger partial charge < -0.3 is 16.4 Å². The van der Waals surface area contributed by atoms with E-state index in [1.807, 2.05) is 0 Å². The van der Waals surface area contributed by atoms with E-state index in [4.69, 9.17) is 0 Å². The summed E-state index contributed by atoms with van der Waals surface area (Å²) < 4.78 is 0. The fourth-order valence-electron chi connectivity index (χ4n) is 0. The van der Waals surface area contributed by atoms with Crippen LogP contribution in [0.15, 0.2) is 0 Å². The lowest BCUT2D eigenvalue weighted by molar-refractivity contribution is 0.823. The van der Waals surface area contributed by atoms with Crippen LogP contribution in [0.5, 0.6) is 0 Å². The molecule has 3 N–H and O–H groups in total. The first-order chi connectivity index (χ1) is 0. The molecular formula is H12O3S3. The highest BCUT2D eigenvalue weighted by atomic mass is 32.1. The molecule has 0 bridgehead atoms. The van der Waals surface area contributed by atoms with Gasteiger partial charge in [0.25, 0.3) is 0 Å². The standard InChI is InChI=1S/3H2O.3H2S/h6*1H2. The van der Waals surface area contributed by atoms with Gasteiger partial charge in [-0.2, -0.15) is 0 Å². The van der Waals surface area contributed by atoms with E-state index in [9.17, 15) is 0 Å². The quantitative estimate of drug-likeness (QED) is 0.351. The van der Waals surface area contributed by atoms with E-state index in [0.29, 0.717) is 0 Å². The first-order valence-electron chi connectivity index (χ1n) is 0. The van der Waals surface area contributed by atoms with Gasteiger partial charge in [-0.1, -0.05) is 40.5 Å². The average molecular weight is 156 g/mol. The van der Waals surface area contributed by atoms with Gasteiger partial charge >= 0.3 is 0 Å². The second kappa shape index (κ2) is 167. The summed E-state index contributed by atoms with van der Waals surface area (Å²) >= 11 is 0. The van der Waals surface area contributed by atoms with Crippen LogP contribution >= 0.6 is 0 Å². The van der Waals surface area contributed by atoms with Crippen LogP contribution in [0, 0.1) is 0 Å². The summed E-state index contributed by atoms with van der Waals surface area (Å²) in [7, 11) is 0. The molecule has 0 aromatic carbocycles. The summed E-state index contributed by atoms with van der Waals surface area (Å²) in [4.78, 5) is 0. The third-order valence-electron chi connectivity index (χ3n) is 0. The van der Waals surface area contributed by atoms with Gasteiger partial charge in [-0.25, -0.2) is 0 Å². The molecule has 0 radical (unpaired) electrons. The third kappa shape index (κ3) is 88.0. The van der Waals surface area contributed by atoms with Crippen molar-refractivity contribution in [3.63, 3.8) is 0 Å². The summed E-state index contributed by atoms with van der Waals surface area (Å²) in [5.41, 5.74) is 0.